The summed E-state index contributed by atoms with van der Waals surface area (Å²) in [7, 11) is 2.01. The lowest BCUT2D eigenvalue weighted by Crippen LogP contribution is -2.80. The first-order valence-corrected chi connectivity index (χ1v) is 3.98. The van der Waals surface area contributed by atoms with E-state index in [9.17, 15) is 4.79 Å². The van der Waals surface area contributed by atoms with Gasteiger partial charge in [-0.15, -0.1) is 0 Å². The van der Waals surface area contributed by atoms with E-state index in [2.05, 4.69) is 10.6 Å². The van der Waals surface area contributed by atoms with Crippen molar-refractivity contribution in [1.82, 2.24) is 5.32 Å². The Kier molecular flexibility index (Phi) is 3.32. The van der Waals surface area contributed by atoms with Crippen molar-refractivity contribution < 1.29 is 14.8 Å². The van der Waals surface area contributed by atoms with Crippen LogP contribution < -0.4 is 10.6 Å². The molecule has 0 aliphatic carbocycles. The Morgan fingerprint density at radius 3 is 3.09 bits per heavy atom. The van der Waals surface area contributed by atoms with Crippen LogP contribution in [0, 0.1) is 0 Å². The molecule has 1 aliphatic rings. The van der Waals surface area contributed by atoms with Gasteiger partial charge in [-0.05, 0) is 0 Å². The second-order valence-corrected chi connectivity index (χ2v) is 2.74. The van der Waals surface area contributed by atoms with Gasteiger partial charge < -0.3 is 15.4 Å². The van der Waals surface area contributed by atoms with Crippen LogP contribution in [-0.4, -0.2) is 38.8 Å². The summed E-state index contributed by atoms with van der Waals surface area (Å²) in [6.07, 6.45) is 0.635. The average Bonchev–Trinajstić information content (AvgIpc) is 1.94. The number of ether oxygens (including phenoxy) is 1. The summed E-state index contributed by atoms with van der Waals surface area (Å²) in [5, 5.41) is 4.81. The van der Waals surface area contributed by atoms with Gasteiger partial charge in [-0.25, -0.2) is 0 Å². The van der Waals surface area contributed by atoms with Crippen LogP contribution in [0.3, 0.4) is 0 Å². The number of carbonyl (C=O) groups excluding carboxylic acids is 1. The van der Waals surface area contributed by atoms with Gasteiger partial charge in [-0.3, -0.25) is 4.79 Å². The van der Waals surface area contributed by atoms with Crippen molar-refractivity contribution in [3.63, 3.8) is 0 Å². The zero-order valence-corrected chi connectivity index (χ0v) is 6.80. The Bertz CT molecular complexity index is 130. The first kappa shape index (κ1) is 8.49. The van der Waals surface area contributed by atoms with Crippen LogP contribution in [0.5, 0.6) is 0 Å². The summed E-state index contributed by atoms with van der Waals surface area (Å²) in [5.74, 6) is 0.139. The molecule has 0 saturated carbocycles. The molecule has 0 spiro atoms. The standard InChI is InChI=1S/C7H14N2O2/c1-8-2-3-11-5-6-4-7(10)9-6/h6,8H,2-5H2,1H3,(H,9,10)/p+1. The highest BCUT2D eigenvalue weighted by Gasteiger charge is 2.24. The lowest BCUT2D eigenvalue weighted by atomic mass is 10.1. The molecule has 11 heavy (non-hydrogen) atoms. The van der Waals surface area contributed by atoms with E-state index in [1.54, 1.807) is 0 Å². The molecule has 1 unspecified atom stereocenters. The fourth-order valence-electron chi connectivity index (χ4n) is 0.958. The van der Waals surface area contributed by atoms with Gasteiger partial charge in [0.05, 0.1) is 32.8 Å². The Morgan fingerprint density at radius 1 is 1.82 bits per heavy atom. The predicted octanol–water partition coefficient (Wildman–Crippen LogP) is -1.92. The molecular formula is C7H15N2O2+. The molecule has 0 bridgehead atoms. The Labute approximate surface area is 66.3 Å². The smallest absolute Gasteiger partial charge is 0.222 e. The molecular weight excluding hydrogens is 144 g/mol. The minimum absolute atomic E-state index is 0.139. The third-order valence-corrected chi connectivity index (χ3v) is 1.67. The molecule has 0 aromatic rings. The number of amides is 1. The summed E-state index contributed by atoms with van der Waals surface area (Å²) in [6.45, 7) is 2.42. The number of β-lactam (4-membered cyclic amide) rings is 1. The van der Waals surface area contributed by atoms with Crippen LogP contribution >= 0.6 is 0 Å². The van der Waals surface area contributed by atoms with Crippen LogP contribution in [0.1, 0.15) is 6.42 Å². The Morgan fingerprint density at radius 2 is 2.55 bits per heavy atom. The third kappa shape index (κ3) is 2.86. The molecule has 1 aliphatic heterocycles. The second kappa shape index (κ2) is 4.31. The number of hydrogen-bond acceptors (Lipinski definition) is 2. The van der Waals surface area contributed by atoms with E-state index in [1.807, 2.05) is 7.05 Å². The SMILES string of the molecule is C[NH2+]CCOCC1CC(=O)N1. The molecule has 1 fully saturated rings. The van der Waals surface area contributed by atoms with Gasteiger partial charge in [0.15, 0.2) is 0 Å². The second-order valence-electron chi connectivity index (χ2n) is 2.74. The van der Waals surface area contributed by atoms with Gasteiger partial charge in [0.2, 0.25) is 5.91 Å². The molecule has 0 aromatic carbocycles. The number of nitrogens with one attached hydrogen (secondary N) is 1. The number of likely N-dealkylation sites (N-methyl/N-ethyl adjacent to an activating group) is 1. The van der Waals surface area contributed by atoms with E-state index < -0.39 is 0 Å². The maximum Gasteiger partial charge on any atom is 0.222 e. The highest BCUT2D eigenvalue weighted by atomic mass is 16.5. The summed E-state index contributed by atoms with van der Waals surface area (Å²) >= 11 is 0. The van der Waals surface area contributed by atoms with Crippen molar-refractivity contribution in [2.75, 3.05) is 26.8 Å². The van der Waals surface area contributed by atoms with E-state index in [0.29, 0.717) is 13.0 Å². The molecule has 0 aromatic heterocycles. The van der Waals surface area contributed by atoms with E-state index in [1.165, 1.54) is 0 Å². The molecule has 1 heterocycles. The summed E-state index contributed by atoms with van der Waals surface area (Å²) in [5.41, 5.74) is 0. The number of hydrogen-bond donors (Lipinski definition) is 2. The normalized spacial score (nSPS) is 22.6. The van der Waals surface area contributed by atoms with Gasteiger partial charge in [0, 0.05) is 6.42 Å². The van der Waals surface area contributed by atoms with Crippen LogP contribution in [0.4, 0.5) is 0 Å². The highest BCUT2D eigenvalue weighted by Crippen LogP contribution is 2.03. The average molecular weight is 159 g/mol. The zero-order chi connectivity index (χ0) is 8.10. The molecule has 1 atom stereocenters. The predicted molar refractivity (Wildman–Crippen MR) is 40.1 cm³/mol. The number of rotatable bonds is 5. The summed E-state index contributed by atoms with van der Waals surface area (Å²) in [4.78, 5) is 10.4. The largest absolute Gasteiger partial charge is 0.373 e. The van der Waals surface area contributed by atoms with Gasteiger partial charge >= 0.3 is 0 Å². The first-order chi connectivity index (χ1) is 5.33. The Balaban J connectivity index is 1.85. The molecule has 4 nitrogen and oxygen atoms in total. The van der Waals surface area contributed by atoms with Gasteiger partial charge in [0.25, 0.3) is 0 Å². The quantitative estimate of drug-likeness (QED) is 0.363. The molecule has 3 N–H and O–H groups in total. The lowest BCUT2D eigenvalue weighted by Gasteiger charge is -2.26. The van der Waals surface area contributed by atoms with E-state index in [-0.39, 0.29) is 11.9 Å². The van der Waals surface area contributed by atoms with Gasteiger partial charge in [0.1, 0.15) is 0 Å². The molecule has 64 valence electrons. The number of nitrogens with two attached hydrogens (primary N) is 1. The molecule has 1 amide bonds. The molecule has 0 radical (unpaired) electrons. The molecule has 1 rings (SSSR count). The minimum atomic E-state index is 0.139. The number of carbonyl (C=O) groups is 1. The van der Waals surface area contributed by atoms with Crippen molar-refractivity contribution >= 4 is 5.91 Å². The van der Waals surface area contributed by atoms with E-state index in [4.69, 9.17) is 4.74 Å². The van der Waals surface area contributed by atoms with Crippen LogP contribution in [0.15, 0.2) is 0 Å². The fraction of sp³-hybridized carbons (Fsp3) is 0.857. The zero-order valence-electron chi connectivity index (χ0n) is 6.80. The fourth-order valence-corrected chi connectivity index (χ4v) is 0.958. The maximum absolute atomic E-state index is 10.4. The molecule has 4 heteroatoms. The van der Waals surface area contributed by atoms with Crippen LogP contribution in [0.2, 0.25) is 0 Å². The van der Waals surface area contributed by atoms with E-state index in [0.717, 1.165) is 13.2 Å². The first-order valence-electron chi connectivity index (χ1n) is 3.98. The van der Waals surface area contributed by atoms with Crippen molar-refractivity contribution in [2.45, 2.75) is 12.5 Å². The van der Waals surface area contributed by atoms with Gasteiger partial charge in [-0.2, -0.15) is 0 Å². The number of quaternary nitrogens is 1. The van der Waals surface area contributed by atoms with Gasteiger partial charge in [-0.1, -0.05) is 0 Å². The van der Waals surface area contributed by atoms with Crippen LogP contribution in [0.25, 0.3) is 0 Å². The lowest BCUT2D eigenvalue weighted by molar-refractivity contribution is -0.628. The van der Waals surface area contributed by atoms with Crippen LogP contribution in [-0.2, 0) is 9.53 Å². The van der Waals surface area contributed by atoms with Crippen molar-refractivity contribution in [2.24, 2.45) is 0 Å². The summed E-state index contributed by atoms with van der Waals surface area (Å²) in [6, 6.07) is 0.277. The monoisotopic (exact) mass is 159 g/mol. The third-order valence-electron chi connectivity index (χ3n) is 1.67. The highest BCUT2D eigenvalue weighted by molar-refractivity contribution is 5.82. The Hall–Kier alpha value is -0.610. The maximum atomic E-state index is 10.4. The van der Waals surface area contributed by atoms with E-state index >= 15 is 0 Å². The van der Waals surface area contributed by atoms with Crippen molar-refractivity contribution in [3.05, 3.63) is 0 Å². The van der Waals surface area contributed by atoms with Crippen molar-refractivity contribution in [1.29, 1.82) is 0 Å². The molecule has 1 saturated heterocycles. The summed E-state index contributed by atoms with van der Waals surface area (Å²) < 4.78 is 5.28. The minimum Gasteiger partial charge on any atom is -0.373 e. The van der Waals surface area contributed by atoms with Crippen molar-refractivity contribution in [3.8, 4) is 0 Å². The topological polar surface area (TPSA) is 54.9 Å².